The number of amides is 1. The van der Waals surface area contributed by atoms with Crippen LogP contribution in [-0.4, -0.2) is 17.8 Å². The molecule has 0 saturated heterocycles. The predicted octanol–water partition coefficient (Wildman–Crippen LogP) is 3.13. The van der Waals surface area contributed by atoms with Crippen LogP contribution in [0.4, 0.5) is 10.1 Å². The van der Waals surface area contributed by atoms with Crippen LogP contribution in [0.15, 0.2) is 59.2 Å². The topological polar surface area (TPSA) is 67.8 Å². The lowest BCUT2D eigenvalue weighted by Crippen LogP contribution is -2.07. The fraction of sp³-hybridized carbons (Fsp3) is 0.0556. The van der Waals surface area contributed by atoms with E-state index in [2.05, 4.69) is 10.3 Å². The molecule has 0 fully saturated rings. The van der Waals surface area contributed by atoms with Gasteiger partial charge in [0.15, 0.2) is 5.70 Å². The molecule has 0 radical (unpaired) electrons. The molecule has 0 aliphatic carbocycles. The number of rotatable bonds is 3. The summed E-state index contributed by atoms with van der Waals surface area (Å²) < 4.78 is 18.8. The first-order valence-electron chi connectivity index (χ1n) is 7.18. The van der Waals surface area contributed by atoms with Gasteiger partial charge in [-0.05, 0) is 35.9 Å². The fourth-order valence-electron chi connectivity index (χ4n) is 2.18. The summed E-state index contributed by atoms with van der Waals surface area (Å²) in [6.07, 6.45) is 1.54. The smallest absolute Gasteiger partial charge is 0.363 e. The number of anilines is 1. The number of benzene rings is 2. The van der Waals surface area contributed by atoms with Crippen LogP contribution in [0.25, 0.3) is 6.08 Å². The molecule has 1 aliphatic heterocycles. The van der Waals surface area contributed by atoms with Gasteiger partial charge in [-0.2, -0.15) is 0 Å². The van der Waals surface area contributed by atoms with Crippen LogP contribution in [0.1, 0.15) is 18.1 Å². The minimum atomic E-state index is -0.640. The molecule has 6 heteroatoms. The van der Waals surface area contributed by atoms with Gasteiger partial charge in [-0.1, -0.05) is 24.3 Å². The van der Waals surface area contributed by atoms with Gasteiger partial charge in [0.2, 0.25) is 11.8 Å². The third kappa shape index (κ3) is 3.38. The molecule has 0 aromatic heterocycles. The van der Waals surface area contributed by atoms with E-state index in [0.717, 1.165) is 0 Å². The first-order chi connectivity index (χ1) is 11.5. The van der Waals surface area contributed by atoms with Crippen molar-refractivity contribution < 1.29 is 18.7 Å². The number of nitrogens with zero attached hydrogens (tertiary/aromatic N) is 1. The van der Waals surface area contributed by atoms with Gasteiger partial charge in [-0.25, -0.2) is 14.2 Å². The highest BCUT2D eigenvalue weighted by Gasteiger charge is 2.25. The van der Waals surface area contributed by atoms with Crippen molar-refractivity contribution in [1.82, 2.24) is 0 Å². The number of ether oxygens (including phenoxy) is 1. The standard InChI is InChI=1S/C18H13FN2O3/c1-11(22)20-13-8-6-12(7-9-13)10-16-18(23)24-17(21-16)14-4-2-3-5-15(14)19/h2-10H,1H3,(H,20,22). The molecule has 1 amide bonds. The van der Waals surface area contributed by atoms with E-state index in [0.29, 0.717) is 11.3 Å². The number of carbonyl (C=O) groups is 2. The summed E-state index contributed by atoms with van der Waals surface area (Å²) in [7, 11) is 0. The number of hydrogen-bond donors (Lipinski definition) is 1. The van der Waals surface area contributed by atoms with Crippen LogP contribution in [0.5, 0.6) is 0 Å². The minimum absolute atomic E-state index is 0.0563. The quantitative estimate of drug-likeness (QED) is 0.697. The number of halogens is 1. The monoisotopic (exact) mass is 324 g/mol. The van der Waals surface area contributed by atoms with E-state index in [-0.39, 0.29) is 23.1 Å². The van der Waals surface area contributed by atoms with Crippen LogP contribution < -0.4 is 5.32 Å². The van der Waals surface area contributed by atoms with Gasteiger partial charge in [0.25, 0.3) is 0 Å². The third-order valence-corrected chi connectivity index (χ3v) is 3.26. The molecule has 24 heavy (non-hydrogen) atoms. The Morgan fingerprint density at radius 1 is 1.17 bits per heavy atom. The Balaban J connectivity index is 1.86. The van der Waals surface area contributed by atoms with Crippen molar-refractivity contribution in [2.45, 2.75) is 6.92 Å². The summed E-state index contributed by atoms with van der Waals surface area (Å²) in [5, 5.41) is 2.65. The highest BCUT2D eigenvalue weighted by molar-refractivity contribution is 6.12. The Hall–Kier alpha value is -3.28. The second-order valence-corrected chi connectivity index (χ2v) is 5.12. The molecular formula is C18H13FN2O3. The molecular weight excluding hydrogens is 311 g/mol. The van der Waals surface area contributed by atoms with Crippen molar-refractivity contribution in [3.8, 4) is 0 Å². The van der Waals surface area contributed by atoms with E-state index in [4.69, 9.17) is 4.74 Å². The lowest BCUT2D eigenvalue weighted by Gasteiger charge is -2.01. The zero-order valence-electron chi connectivity index (χ0n) is 12.7. The first kappa shape index (κ1) is 15.6. The summed E-state index contributed by atoms with van der Waals surface area (Å²) in [4.78, 5) is 26.9. The maximum Gasteiger partial charge on any atom is 0.363 e. The number of cyclic esters (lactones) is 1. The summed E-state index contributed by atoms with van der Waals surface area (Å²) >= 11 is 0. The van der Waals surface area contributed by atoms with Crippen LogP contribution in [0.3, 0.4) is 0 Å². The molecule has 0 atom stereocenters. The maximum atomic E-state index is 13.7. The second-order valence-electron chi connectivity index (χ2n) is 5.12. The average Bonchev–Trinajstić information content (AvgIpc) is 2.90. The Labute approximate surface area is 137 Å². The molecule has 1 aliphatic rings. The van der Waals surface area contributed by atoms with E-state index >= 15 is 0 Å². The van der Waals surface area contributed by atoms with Crippen molar-refractivity contribution in [1.29, 1.82) is 0 Å². The molecule has 0 spiro atoms. The van der Waals surface area contributed by atoms with Crippen molar-refractivity contribution in [3.05, 3.63) is 71.2 Å². The molecule has 5 nitrogen and oxygen atoms in total. The van der Waals surface area contributed by atoms with Crippen molar-refractivity contribution in [2.75, 3.05) is 5.32 Å². The van der Waals surface area contributed by atoms with Gasteiger partial charge in [0.1, 0.15) is 5.82 Å². The van der Waals surface area contributed by atoms with Gasteiger partial charge in [-0.15, -0.1) is 0 Å². The molecule has 0 unspecified atom stereocenters. The fourth-order valence-corrected chi connectivity index (χ4v) is 2.18. The molecule has 2 aromatic rings. The minimum Gasteiger partial charge on any atom is -0.402 e. The van der Waals surface area contributed by atoms with Gasteiger partial charge in [0.05, 0.1) is 5.56 Å². The normalized spacial score (nSPS) is 15.2. The molecule has 1 heterocycles. The lowest BCUT2D eigenvalue weighted by atomic mass is 10.1. The van der Waals surface area contributed by atoms with Crippen LogP contribution in [-0.2, 0) is 14.3 Å². The average molecular weight is 324 g/mol. The maximum absolute atomic E-state index is 13.7. The van der Waals surface area contributed by atoms with E-state index in [1.54, 1.807) is 36.4 Å². The number of nitrogens with one attached hydrogen (secondary N) is 1. The van der Waals surface area contributed by atoms with Crippen molar-refractivity contribution in [2.24, 2.45) is 4.99 Å². The highest BCUT2D eigenvalue weighted by Crippen LogP contribution is 2.21. The van der Waals surface area contributed by atoms with Crippen molar-refractivity contribution in [3.63, 3.8) is 0 Å². The Morgan fingerprint density at radius 2 is 1.88 bits per heavy atom. The Kier molecular flexibility index (Phi) is 4.20. The van der Waals surface area contributed by atoms with Gasteiger partial charge in [0, 0.05) is 12.6 Å². The van der Waals surface area contributed by atoms with Gasteiger partial charge >= 0.3 is 5.97 Å². The molecule has 2 aromatic carbocycles. The Bertz CT molecular complexity index is 870. The number of esters is 1. The molecule has 0 saturated carbocycles. The summed E-state index contributed by atoms with van der Waals surface area (Å²) in [6.45, 7) is 1.42. The third-order valence-electron chi connectivity index (χ3n) is 3.26. The van der Waals surface area contributed by atoms with E-state index in [9.17, 15) is 14.0 Å². The second kappa shape index (κ2) is 6.45. The number of carbonyl (C=O) groups excluding carboxylic acids is 2. The van der Waals surface area contributed by atoms with Crippen LogP contribution >= 0.6 is 0 Å². The first-order valence-corrected chi connectivity index (χ1v) is 7.18. The molecule has 120 valence electrons. The highest BCUT2D eigenvalue weighted by atomic mass is 19.1. The summed E-state index contributed by atoms with van der Waals surface area (Å²) in [5.41, 5.74) is 1.57. The summed E-state index contributed by atoms with van der Waals surface area (Å²) in [5.74, 6) is -1.37. The largest absolute Gasteiger partial charge is 0.402 e. The summed E-state index contributed by atoms with van der Waals surface area (Å²) in [6, 6.07) is 12.8. The zero-order valence-corrected chi connectivity index (χ0v) is 12.7. The number of aliphatic imine (C=N–C) groups is 1. The van der Waals surface area contributed by atoms with E-state index < -0.39 is 11.8 Å². The zero-order chi connectivity index (χ0) is 17.1. The number of hydrogen-bond acceptors (Lipinski definition) is 4. The molecule has 3 rings (SSSR count). The van der Waals surface area contributed by atoms with E-state index in [1.807, 2.05) is 0 Å². The molecule has 0 bridgehead atoms. The van der Waals surface area contributed by atoms with Crippen LogP contribution in [0.2, 0.25) is 0 Å². The lowest BCUT2D eigenvalue weighted by molar-refractivity contribution is -0.130. The van der Waals surface area contributed by atoms with Crippen molar-refractivity contribution >= 4 is 29.5 Å². The SMILES string of the molecule is CC(=O)Nc1ccc(C=C2N=C(c3ccccc3F)OC2=O)cc1. The molecule has 1 N–H and O–H groups in total. The van der Waals surface area contributed by atoms with Gasteiger partial charge in [-0.3, -0.25) is 4.79 Å². The predicted molar refractivity (Wildman–Crippen MR) is 87.8 cm³/mol. The van der Waals surface area contributed by atoms with E-state index in [1.165, 1.54) is 25.1 Å². The van der Waals surface area contributed by atoms with Crippen LogP contribution in [0, 0.1) is 5.82 Å². The van der Waals surface area contributed by atoms with Gasteiger partial charge < -0.3 is 10.1 Å². The Morgan fingerprint density at radius 3 is 2.54 bits per heavy atom.